The Labute approximate surface area is 119 Å². The summed E-state index contributed by atoms with van der Waals surface area (Å²) in [6.07, 6.45) is 1.89. The molecule has 2 rings (SSSR count). The highest BCUT2D eigenvalue weighted by atomic mass is 35.5. The Bertz CT molecular complexity index is 582. The molecule has 1 N–H and O–H groups in total. The van der Waals surface area contributed by atoms with Gasteiger partial charge in [-0.2, -0.15) is 0 Å². The first-order valence-electron chi connectivity index (χ1n) is 6.47. The molecule has 0 saturated heterocycles. The van der Waals surface area contributed by atoms with Gasteiger partial charge in [-0.25, -0.2) is 9.97 Å². The van der Waals surface area contributed by atoms with Crippen LogP contribution in [0.2, 0.25) is 5.02 Å². The van der Waals surface area contributed by atoms with Gasteiger partial charge >= 0.3 is 0 Å². The van der Waals surface area contributed by atoms with Gasteiger partial charge in [0.05, 0.1) is 5.69 Å². The Kier molecular flexibility index (Phi) is 4.38. The zero-order chi connectivity index (χ0) is 13.8. The largest absolute Gasteiger partial charge is 0.373 e. The second-order valence-electron chi connectivity index (χ2n) is 4.44. The van der Waals surface area contributed by atoms with Crippen LogP contribution >= 0.6 is 11.6 Å². The molecule has 2 aromatic rings. The van der Waals surface area contributed by atoms with Crippen molar-refractivity contribution < 1.29 is 0 Å². The van der Waals surface area contributed by atoms with Crippen LogP contribution in [0.1, 0.15) is 24.7 Å². The zero-order valence-corrected chi connectivity index (χ0v) is 12.3. The molecular formula is C15H18ClN3. The minimum Gasteiger partial charge on any atom is -0.373 e. The normalized spacial score (nSPS) is 10.5. The molecule has 19 heavy (non-hydrogen) atoms. The van der Waals surface area contributed by atoms with Crippen LogP contribution in [0.15, 0.2) is 24.3 Å². The van der Waals surface area contributed by atoms with E-state index in [0.29, 0.717) is 5.02 Å². The molecule has 1 heterocycles. The fraction of sp³-hybridized carbons (Fsp3) is 0.333. The van der Waals surface area contributed by atoms with Gasteiger partial charge in [-0.15, -0.1) is 0 Å². The Morgan fingerprint density at radius 2 is 1.95 bits per heavy atom. The summed E-state index contributed by atoms with van der Waals surface area (Å²) in [5.74, 6) is 1.72. The van der Waals surface area contributed by atoms with E-state index in [-0.39, 0.29) is 0 Å². The molecular weight excluding hydrogens is 258 g/mol. The topological polar surface area (TPSA) is 37.8 Å². The van der Waals surface area contributed by atoms with Crippen molar-refractivity contribution in [1.82, 2.24) is 9.97 Å². The minimum atomic E-state index is 0.716. The smallest absolute Gasteiger partial charge is 0.132 e. The number of aryl methyl sites for hydroxylation is 1. The minimum absolute atomic E-state index is 0.716. The Hall–Kier alpha value is -1.61. The monoisotopic (exact) mass is 275 g/mol. The second kappa shape index (κ2) is 6.02. The summed E-state index contributed by atoms with van der Waals surface area (Å²) in [6.45, 7) is 4.14. The van der Waals surface area contributed by atoms with Crippen molar-refractivity contribution in [2.24, 2.45) is 0 Å². The van der Waals surface area contributed by atoms with Crippen molar-refractivity contribution in [3.8, 4) is 11.3 Å². The van der Waals surface area contributed by atoms with E-state index in [0.717, 1.165) is 41.3 Å². The van der Waals surface area contributed by atoms with Gasteiger partial charge in [-0.05, 0) is 19.4 Å². The Morgan fingerprint density at radius 3 is 2.58 bits per heavy atom. The van der Waals surface area contributed by atoms with Gasteiger partial charge < -0.3 is 5.32 Å². The van der Waals surface area contributed by atoms with Gasteiger partial charge in [0.25, 0.3) is 0 Å². The first-order chi connectivity index (χ1) is 9.17. The molecule has 0 radical (unpaired) electrons. The summed E-state index contributed by atoms with van der Waals surface area (Å²) >= 11 is 6.27. The Balaban J connectivity index is 2.61. The van der Waals surface area contributed by atoms with E-state index in [1.54, 1.807) is 0 Å². The van der Waals surface area contributed by atoms with Gasteiger partial charge in [0.1, 0.15) is 11.6 Å². The zero-order valence-electron chi connectivity index (χ0n) is 11.5. The third-order valence-electron chi connectivity index (χ3n) is 3.03. The predicted octanol–water partition coefficient (Wildman–Crippen LogP) is 4.10. The molecule has 100 valence electrons. The summed E-state index contributed by atoms with van der Waals surface area (Å²) in [6, 6.07) is 7.78. The van der Waals surface area contributed by atoms with E-state index in [9.17, 15) is 0 Å². The van der Waals surface area contributed by atoms with E-state index in [1.165, 1.54) is 0 Å². The van der Waals surface area contributed by atoms with Crippen LogP contribution in [0.25, 0.3) is 11.3 Å². The first kappa shape index (κ1) is 13.8. The molecule has 0 fully saturated rings. The molecule has 0 aliphatic rings. The molecule has 0 amide bonds. The van der Waals surface area contributed by atoms with Gasteiger partial charge in [-0.3, -0.25) is 0 Å². The lowest BCUT2D eigenvalue weighted by atomic mass is 10.1. The maximum atomic E-state index is 6.27. The molecule has 0 bridgehead atoms. The molecule has 0 unspecified atom stereocenters. The number of benzene rings is 1. The van der Waals surface area contributed by atoms with Gasteiger partial charge in [0.2, 0.25) is 0 Å². The van der Waals surface area contributed by atoms with Gasteiger partial charge in [-0.1, -0.05) is 36.7 Å². The van der Waals surface area contributed by atoms with Gasteiger partial charge in [0.15, 0.2) is 0 Å². The maximum absolute atomic E-state index is 6.27. The molecule has 0 atom stereocenters. The number of nitrogens with zero attached hydrogens (tertiary/aromatic N) is 2. The fourth-order valence-corrected chi connectivity index (χ4v) is 2.28. The van der Waals surface area contributed by atoms with Crippen LogP contribution in [0.5, 0.6) is 0 Å². The van der Waals surface area contributed by atoms with E-state index >= 15 is 0 Å². The molecule has 0 aliphatic carbocycles. The summed E-state index contributed by atoms with van der Waals surface area (Å²) in [5, 5.41) is 3.85. The predicted molar refractivity (Wildman–Crippen MR) is 80.8 cm³/mol. The van der Waals surface area contributed by atoms with Crippen molar-refractivity contribution in [3.63, 3.8) is 0 Å². The number of hydrogen-bond donors (Lipinski definition) is 1. The SMILES string of the molecule is CCCc1nc(NC)c(C)c(-c2ccccc2Cl)n1. The lowest BCUT2D eigenvalue weighted by Gasteiger charge is -2.13. The molecule has 4 heteroatoms. The molecule has 0 saturated carbocycles. The van der Waals surface area contributed by atoms with E-state index in [1.807, 2.05) is 38.2 Å². The molecule has 1 aromatic carbocycles. The van der Waals surface area contributed by atoms with Crippen molar-refractivity contribution >= 4 is 17.4 Å². The number of halogens is 1. The summed E-state index contributed by atoms with van der Waals surface area (Å²) in [7, 11) is 1.88. The molecule has 3 nitrogen and oxygen atoms in total. The van der Waals surface area contributed by atoms with Crippen LogP contribution in [-0.4, -0.2) is 17.0 Å². The molecule has 0 spiro atoms. The number of anilines is 1. The van der Waals surface area contributed by atoms with Gasteiger partial charge in [0, 0.05) is 29.6 Å². The van der Waals surface area contributed by atoms with Crippen molar-refractivity contribution in [1.29, 1.82) is 0 Å². The highest BCUT2D eigenvalue weighted by molar-refractivity contribution is 6.33. The van der Waals surface area contributed by atoms with E-state index < -0.39 is 0 Å². The third kappa shape index (κ3) is 2.87. The second-order valence-corrected chi connectivity index (χ2v) is 4.85. The van der Waals surface area contributed by atoms with Crippen LogP contribution in [-0.2, 0) is 6.42 Å². The quantitative estimate of drug-likeness (QED) is 0.913. The lowest BCUT2D eigenvalue weighted by Crippen LogP contribution is -2.05. The summed E-state index contributed by atoms with van der Waals surface area (Å²) in [5.41, 5.74) is 2.89. The first-order valence-corrected chi connectivity index (χ1v) is 6.85. The highest BCUT2D eigenvalue weighted by Gasteiger charge is 2.13. The molecule has 0 aliphatic heterocycles. The average Bonchev–Trinajstić information content (AvgIpc) is 2.42. The van der Waals surface area contributed by atoms with Crippen molar-refractivity contribution in [2.75, 3.05) is 12.4 Å². The van der Waals surface area contributed by atoms with Crippen molar-refractivity contribution in [2.45, 2.75) is 26.7 Å². The van der Waals surface area contributed by atoms with E-state index in [4.69, 9.17) is 11.6 Å². The number of nitrogens with one attached hydrogen (secondary N) is 1. The Morgan fingerprint density at radius 1 is 1.21 bits per heavy atom. The molecule has 1 aromatic heterocycles. The third-order valence-corrected chi connectivity index (χ3v) is 3.36. The van der Waals surface area contributed by atoms with Crippen LogP contribution in [0.4, 0.5) is 5.82 Å². The van der Waals surface area contributed by atoms with E-state index in [2.05, 4.69) is 22.2 Å². The summed E-state index contributed by atoms with van der Waals surface area (Å²) in [4.78, 5) is 9.20. The highest BCUT2D eigenvalue weighted by Crippen LogP contribution is 2.31. The maximum Gasteiger partial charge on any atom is 0.132 e. The number of rotatable bonds is 4. The fourth-order valence-electron chi connectivity index (χ4n) is 2.06. The lowest BCUT2D eigenvalue weighted by molar-refractivity contribution is 0.834. The number of aromatic nitrogens is 2. The summed E-state index contributed by atoms with van der Waals surface area (Å²) < 4.78 is 0. The van der Waals surface area contributed by atoms with Crippen molar-refractivity contribution in [3.05, 3.63) is 40.7 Å². The average molecular weight is 276 g/mol. The standard InChI is InChI=1S/C15H18ClN3/c1-4-7-13-18-14(10(2)15(17-3)19-13)11-8-5-6-9-12(11)16/h5-6,8-9H,4,7H2,1-3H3,(H,17,18,19). The van der Waals surface area contributed by atoms with Crippen LogP contribution in [0, 0.1) is 6.92 Å². The van der Waals surface area contributed by atoms with Crippen LogP contribution < -0.4 is 5.32 Å². The van der Waals surface area contributed by atoms with Crippen LogP contribution in [0.3, 0.4) is 0 Å². The number of hydrogen-bond acceptors (Lipinski definition) is 3.